The lowest BCUT2D eigenvalue weighted by atomic mass is 9.44. The van der Waals surface area contributed by atoms with Gasteiger partial charge in [-0.25, -0.2) is 4.39 Å². The van der Waals surface area contributed by atoms with Crippen molar-refractivity contribution in [3.05, 3.63) is 47.6 Å². The van der Waals surface area contributed by atoms with Gasteiger partial charge in [0, 0.05) is 39.9 Å². The summed E-state index contributed by atoms with van der Waals surface area (Å²) in [4.78, 5) is 65.5. The van der Waals surface area contributed by atoms with Crippen LogP contribution in [0.2, 0.25) is 0 Å². The van der Waals surface area contributed by atoms with E-state index in [1.54, 1.807) is 39.0 Å². The Kier molecular flexibility index (Phi) is 9.62. The molecule has 0 aromatic rings. The maximum atomic E-state index is 17.5. The van der Waals surface area contributed by atoms with E-state index in [2.05, 4.69) is 6.92 Å². The number of hydrogen-bond acceptors (Lipinski definition) is 11. The van der Waals surface area contributed by atoms with Crippen LogP contribution in [0, 0.1) is 57.2 Å². The molecule has 8 aliphatic rings. The molecule has 8 aliphatic carbocycles. The number of allylic oxidation sites excluding steroid dienone is 8. The number of alkyl halides is 1. The van der Waals surface area contributed by atoms with Crippen molar-refractivity contribution in [2.45, 2.75) is 140 Å². The fraction of sp³-hybridized carbons (Fsp3) is 0.717. The number of hydrogen-bond donors (Lipinski definition) is 5. The lowest BCUT2D eigenvalue weighted by Gasteiger charge is -2.62. The van der Waals surface area contributed by atoms with Crippen LogP contribution >= 0.6 is 0 Å². The van der Waals surface area contributed by atoms with Crippen molar-refractivity contribution in [3.63, 3.8) is 0 Å². The highest BCUT2D eigenvalue weighted by Crippen LogP contribution is 2.71. The van der Waals surface area contributed by atoms with Gasteiger partial charge in [-0.05, 0) is 119 Å². The Labute approximate surface area is 339 Å². The van der Waals surface area contributed by atoms with E-state index in [-0.39, 0.29) is 61.4 Å². The van der Waals surface area contributed by atoms with Gasteiger partial charge in [-0.1, -0.05) is 51.0 Å². The van der Waals surface area contributed by atoms with Gasteiger partial charge in [0.2, 0.25) is 5.78 Å². The van der Waals surface area contributed by atoms with Gasteiger partial charge in [-0.3, -0.25) is 24.0 Å². The average molecular weight is 806 g/mol. The Balaban J connectivity index is 0.904. The Morgan fingerprint density at radius 1 is 0.879 bits per heavy atom. The zero-order valence-electron chi connectivity index (χ0n) is 34.3. The summed E-state index contributed by atoms with van der Waals surface area (Å²) in [5.74, 6) is -4.44. The second kappa shape index (κ2) is 13.4. The van der Waals surface area contributed by atoms with Crippen LogP contribution in [0.1, 0.15) is 105 Å². The molecule has 0 spiro atoms. The zero-order valence-corrected chi connectivity index (χ0v) is 34.3. The minimum atomic E-state index is -2.13. The van der Waals surface area contributed by atoms with E-state index in [9.17, 15) is 44.4 Å². The minimum absolute atomic E-state index is 0.0358. The van der Waals surface area contributed by atoms with Crippen molar-refractivity contribution in [1.82, 2.24) is 0 Å². The van der Waals surface area contributed by atoms with Gasteiger partial charge < -0.3 is 30.9 Å². The third-order valence-corrected chi connectivity index (χ3v) is 18.1. The predicted octanol–water partition coefficient (Wildman–Crippen LogP) is 4.13. The van der Waals surface area contributed by atoms with Gasteiger partial charge in [0.25, 0.3) is 0 Å². The molecule has 6 N–H and O–H groups in total. The molecule has 6 fully saturated rings. The van der Waals surface area contributed by atoms with Crippen molar-refractivity contribution in [2.75, 3.05) is 6.61 Å². The van der Waals surface area contributed by atoms with Crippen LogP contribution in [0.4, 0.5) is 4.39 Å². The highest BCUT2D eigenvalue weighted by atomic mass is 19.1. The molecule has 0 saturated heterocycles. The maximum absolute atomic E-state index is 17.5. The summed E-state index contributed by atoms with van der Waals surface area (Å²) >= 11 is 0. The molecule has 8 rings (SSSR count). The molecule has 0 bridgehead atoms. The first-order valence-electron chi connectivity index (χ1n) is 21.4. The van der Waals surface area contributed by atoms with Gasteiger partial charge >= 0.3 is 5.97 Å². The van der Waals surface area contributed by atoms with E-state index < -0.39 is 98.7 Å². The number of fused-ring (bicyclic) bond motifs is 10. The summed E-state index contributed by atoms with van der Waals surface area (Å²) in [6.45, 7) is 8.27. The highest BCUT2D eigenvalue weighted by molar-refractivity contribution is 6.02. The number of ether oxygens (including phenoxy) is 1. The first kappa shape index (κ1) is 41.6. The Morgan fingerprint density at radius 2 is 1.53 bits per heavy atom. The highest BCUT2D eigenvalue weighted by Gasteiger charge is 2.76. The first-order chi connectivity index (χ1) is 27.0. The number of carbonyl (C=O) groups excluding carboxylic acids is 5. The van der Waals surface area contributed by atoms with Crippen LogP contribution in [0.25, 0.3) is 0 Å². The lowest BCUT2D eigenvalue weighted by molar-refractivity contribution is -0.220. The molecule has 0 heterocycles. The zero-order chi connectivity index (χ0) is 42.2. The molecule has 316 valence electrons. The molecule has 8 unspecified atom stereocenters. The number of halogens is 1. The van der Waals surface area contributed by atoms with E-state index in [0.717, 1.165) is 12.0 Å². The van der Waals surface area contributed by atoms with Crippen molar-refractivity contribution >= 4 is 29.1 Å². The molecule has 11 nitrogen and oxygen atoms in total. The SMILES string of the molecule is C[C@@H]1CC2C3CCC4=CC(=O)C=CC4(C)[C@@]3(F)C(O)C[C@]2(C)[C@@]1(O)C(=O)COC(=O)C(N)CCC(=O)[C@@]1(O)CCC2C3CCC4=CC(=O)C=C[C@]4(C)C3[C@@H](O)C[C@@]21C. The molecular formula is C46H60FNO10. The number of carbonyl (C=O) groups is 5. The van der Waals surface area contributed by atoms with Crippen molar-refractivity contribution in [1.29, 1.82) is 0 Å². The second-order valence-corrected chi connectivity index (χ2v) is 20.4. The fourth-order valence-electron chi connectivity index (χ4n) is 14.9. The van der Waals surface area contributed by atoms with Crippen LogP contribution in [0.15, 0.2) is 47.6 Å². The molecule has 12 heteroatoms. The Morgan fingerprint density at radius 3 is 2.24 bits per heavy atom. The summed E-state index contributed by atoms with van der Waals surface area (Å²) < 4.78 is 22.9. The van der Waals surface area contributed by atoms with Gasteiger partial charge in [0.15, 0.2) is 29.6 Å². The van der Waals surface area contributed by atoms with Crippen molar-refractivity contribution < 1.29 is 53.5 Å². The largest absolute Gasteiger partial charge is 0.456 e. The monoisotopic (exact) mass is 805 g/mol. The lowest BCUT2D eigenvalue weighted by Crippen LogP contribution is -2.69. The normalized spacial score (nSPS) is 49.3. The topological polar surface area (TPSA) is 202 Å². The number of esters is 1. The molecule has 6 saturated carbocycles. The number of aliphatic hydroxyl groups excluding tert-OH is 2. The van der Waals surface area contributed by atoms with Crippen molar-refractivity contribution in [3.8, 4) is 0 Å². The van der Waals surface area contributed by atoms with Gasteiger partial charge in [-0.2, -0.15) is 0 Å². The maximum Gasteiger partial charge on any atom is 0.323 e. The summed E-state index contributed by atoms with van der Waals surface area (Å²) in [7, 11) is 0. The van der Waals surface area contributed by atoms with Gasteiger partial charge in [-0.15, -0.1) is 0 Å². The Bertz CT molecular complexity index is 1970. The number of rotatable bonds is 8. The average Bonchev–Trinajstić information content (AvgIpc) is 3.55. The van der Waals surface area contributed by atoms with E-state index in [1.807, 2.05) is 13.0 Å². The molecule has 16 atom stereocenters. The standard InChI is InChI=1S/C46H60FNO10/c1-24-18-32-31-9-7-26-20-28(50)13-16-41(26,3)45(31,47)36(53)22-43(32,5)46(24,57)37(54)23-58-39(55)33(48)10-11-35(52)44(56)17-14-30-29-8-6-25-19-27(49)12-15-40(25,2)38(29)34(51)21-42(30,44)4/h12-13,15-16,19-20,24,29-34,36,38,51,53,56-57H,6-11,14,17-18,21-23,48H2,1-5H3/t24-,29?,30?,31?,32?,33?,34+,36?,38?,40+,41?,42+,43+,44+,45+,46+/m1/s1. The fourth-order valence-corrected chi connectivity index (χ4v) is 14.9. The van der Waals surface area contributed by atoms with Crippen LogP contribution in [-0.4, -0.2) is 91.3 Å². The number of Topliss-reactive ketones (excluding diaryl/α,β-unsaturated/α-hetero) is 2. The number of ketones is 4. The van der Waals surface area contributed by atoms with Crippen LogP contribution in [0.5, 0.6) is 0 Å². The minimum Gasteiger partial charge on any atom is -0.456 e. The third-order valence-electron chi connectivity index (χ3n) is 18.1. The molecule has 0 amide bonds. The molecule has 0 aliphatic heterocycles. The molecular weight excluding hydrogens is 746 g/mol. The smallest absolute Gasteiger partial charge is 0.323 e. The molecule has 0 aromatic carbocycles. The number of aliphatic hydroxyl groups is 4. The number of nitrogens with two attached hydrogens (primary N) is 1. The third kappa shape index (κ3) is 5.29. The molecule has 58 heavy (non-hydrogen) atoms. The van der Waals surface area contributed by atoms with Crippen molar-refractivity contribution in [2.24, 2.45) is 62.9 Å². The van der Waals surface area contributed by atoms with Crippen LogP contribution < -0.4 is 5.73 Å². The summed E-state index contributed by atoms with van der Waals surface area (Å²) in [6, 6.07) is -1.31. The predicted molar refractivity (Wildman–Crippen MR) is 209 cm³/mol. The summed E-state index contributed by atoms with van der Waals surface area (Å²) in [5, 5.41) is 47.7. The quantitative estimate of drug-likeness (QED) is 0.221. The molecule has 0 radical (unpaired) electrons. The van der Waals surface area contributed by atoms with E-state index in [4.69, 9.17) is 10.5 Å². The molecule has 0 aromatic heterocycles. The van der Waals surface area contributed by atoms with E-state index >= 15 is 4.39 Å². The Hall–Kier alpha value is -3.16. The summed E-state index contributed by atoms with van der Waals surface area (Å²) in [6.07, 6.45) is 10.1. The van der Waals surface area contributed by atoms with E-state index in [0.29, 0.717) is 37.7 Å². The van der Waals surface area contributed by atoms with Crippen LogP contribution in [-0.2, 0) is 28.7 Å². The summed E-state index contributed by atoms with van der Waals surface area (Å²) in [5.41, 5.74) is -1.90. The second-order valence-electron chi connectivity index (χ2n) is 20.4. The van der Waals surface area contributed by atoms with E-state index in [1.165, 1.54) is 12.2 Å². The van der Waals surface area contributed by atoms with Crippen LogP contribution in [0.3, 0.4) is 0 Å². The van der Waals surface area contributed by atoms with Gasteiger partial charge in [0.1, 0.15) is 17.2 Å². The first-order valence-corrected chi connectivity index (χ1v) is 21.4. The van der Waals surface area contributed by atoms with Gasteiger partial charge in [0.05, 0.1) is 12.2 Å².